The standard InChI is InChI=1S/C11H18O3/c1-8-6-9(7-10(8)12)14-11-4-2-3-5-13-11/h6,9-12H,2-5,7H2,1H3. The Morgan fingerprint density at radius 3 is 2.93 bits per heavy atom. The lowest BCUT2D eigenvalue weighted by molar-refractivity contribution is -0.179. The first kappa shape index (κ1) is 10.1. The Labute approximate surface area is 84.7 Å². The quantitative estimate of drug-likeness (QED) is 0.685. The molecule has 2 aliphatic rings. The fraction of sp³-hybridized carbons (Fsp3) is 0.818. The summed E-state index contributed by atoms with van der Waals surface area (Å²) in [5.41, 5.74) is 1.02. The molecule has 1 heterocycles. The van der Waals surface area contributed by atoms with Gasteiger partial charge in [0.25, 0.3) is 0 Å². The molecule has 0 saturated carbocycles. The SMILES string of the molecule is CC1=CC(OC2CCCCO2)CC1O. The molecule has 0 amide bonds. The van der Waals surface area contributed by atoms with Crippen LogP contribution in [0.15, 0.2) is 11.6 Å². The van der Waals surface area contributed by atoms with Crippen LogP contribution in [0.5, 0.6) is 0 Å². The molecule has 3 unspecified atom stereocenters. The molecule has 0 spiro atoms. The first-order valence-corrected chi connectivity index (χ1v) is 5.39. The number of aliphatic hydroxyl groups excluding tert-OH is 1. The minimum absolute atomic E-state index is 0.0492. The Bertz CT molecular complexity index is 219. The van der Waals surface area contributed by atoms with E-state index in [0.717, 1.165) is 25.0 Å². The smallest absolute Gasteiger partial charge is 0.158 e. The van der Waals surface area contributed by atoms with E-state index in [-0.39, 0.29) is 18.5 Å². The van der Waals surface area contributed by atoms with Gasteiger partial charge in [-0.05, 0) is 31.8 Å². The first-order valence-electron chi connectivity index (χ1n) is 5.39. The molecule has 1 saturated heterocycles. The van der Waals surface area contributed by atoms with Crippen molar-refractivity contribution in [2.45, 2.75) is 51.1 Å². The summed E-state index contributed by atoms with van der Waals surface area (Å²) in [5.74, 6) is 0. The summed E-state index contributed by atoms with van der Waals surface area (Å²) < 4.78 is 11.2. The summed E-state index contributed by atoms with van der Waals surface area (Å²) in [5, 5.41) is 9.51. The van der Waals surface area contributed by atoms with Crippen molar-refractivity contribution >= 4 is 0 Å². The van der Waals surface area contributed by atoms with E-state index in [4.69, 9.17) is 9.47 Å². The van der Waals surface area contributed by atoms with Crippen LogP contribution in [0, 0.1) is 0 Å². The molecule has 2 rings (SSSR count). The molecule has 80 valence electrons. The molecule has 1 aliphatic carbocycles. The second-order valence-electron chi connectivity index (χ2n) is 4.13. The third-order valence-corrected chi connectivity index (χ3v) is 2.89. The topological polar surface area (TPSA) is 38.7 Å². The van der Waals surface area contributed by atoms with Gasteiger partial charge in [0.15, 0.2) is 6.29 Å². The highest BCUT2D eigenvalue weighted by molar-refractivity contribution is 5.15. The summed E-state index contributed by atoms with van der Waals surface area (Å²) in [6.07, 6.45) is 5.68. The minimum Gasteiger partial charge on any atom is -0.389 e. The van der Waals surface area contributed by atoms with E-state index in [9.17, 15) is 5.11 Å². The fourth-order valence-electron chi connectivity index (χ4n) is 1.99. The largest absolute Gasteiger partial charge is 0.389 e. The molecule has 0 aromatic carbocycles. The molecular weight excluding hydrogens is 180 g/mol. The summed E-state index contributed by atoms with van der Waals surface area (Å²) in [7, 11) is 0. The van der Waals surface area contributed by atoms with E-state index in [1.807, 2.05) is 13.0 Å². The third-order valence-electron chi connectivity index (χ3n) is 2.89. The maximum Gasteiger partial charge on any atom is 0.158 e. The summed E-state index contributed by atoms with van der Waals surface area (Å²) in [6, 6.07) is 0. The van der Waals surface area contributed by atoms with Gasteiger partial charge in [0.2, 0.25) is 0 Å². The second kappa shape index (κ2) is 4.43. The Morgan fingerprint density at radius 1 is 1.50 bits per heavy atom. The number of hydrogen-bond acceptors (Lipinski definition) is 3. The van der Waals surface area contributed by atoms with Crippen LogP contribution in [-0.4, -0.2) is 30.2 Å². The predicted octanol–water partition coefficient (Wildman–Crippen LogP) is 1.61. The molecule has 0 aromatic rings. The van der Waals surface area contributed by atoms with Gasteiger partial charge in [-0.3, -0.25) is 0 Å². The van der Waals surface area contributed by atoms with Crippen LogP contribution in [-0.2, 0) is 9.47 Å². The van der Waals surface area contributed by atoms with Gasteiger partial charge in [-0.25, -0.2) is 0 Å². The van der Waals surface area contributed by atoms with Crippen LogP contribution in [0.3, 0.4) is 0 Å². The highest BCUT2D eigenvalue weighted by Crippen LogP contribution is 2.24. The fourth-order valence-corrected chi connectivity index (χ4v) is 1.99. The van der Waals surface area contributed by atoms with Crippen LogP contribution >= 0.6 is 0 Å². The highest BCUT2D eigenvalue weighted by atomic mass is 16.7. The normalized spacial score (nSPS) is 38.4. The maximum absolute atomic E-state index is 9.51. The lowest BCUT2D eigenvalue weighted by atomic mass is 10.2. The van der Waals surface area contributed by atoms with Crippen LogP contribution < -0.4 is 0 Å². The van der Waals surface area contributed by atoms with Crippen LogP contribution in [0.1, 0.15) is 32.6 Å². The van der Waals surface area contributed by atoms with Gasteiger partial charge in [0.1, 0.15) is 0 Å². The van der Waals surface area contributed by atoms with Crippen LogP contribution in [0.2, 0.25) is 0 Å². The average Bonchev–Trinajstić information content (AvgIpc) is 2.47. The highest BCUT2D eigenvalue weighted by Gasteiger charge is 2.26. The lowest BCUT2D eigenvalue weighted by Gasteiger charge is -2.25. The summed E-state index contributed by atoms with van der Waals surface area (Å²) in [6.45, 7) is 2.75. The van der Waals surface area contributed by atoms with Gasteiger partial charge >= 0.3 is 0 Å². The van der Waals surface area contributed by atoms with Gasteiger partial charge in [-0.1, -0.05) is 6.08 Å². The molecule has 3 atom stereocenters. The van der Waals surface area contributed by atoms with E-state index in [1.54, 1.807) is 0 Å². The van der Waals surface area contributed by atoms with Crippen molar-refractivity contribution in [3.63, 3.8) is 0 Å². The third kappa shape index (κ3) is 2.35. The molecule has 14 heavy (non-hydrogen) atoms. The van der Waals surface area contributed by atoms with E-state index >= 15 is 0 Å². The number of ether oxygens (including phenoxy) is 2. The van der Waals surface area contributed by atoms with Gasteiger partial charge in [-0.15, -0.1) is 0 Å². The Balaban J connectivity index is 1.80. The van der Waals surface area contributed by atoms with Gasteiger partial charge in [0, 0.05) is 13.0 Å². The molecule has 0 radical (unpaired) electrons. The van der Waals surface area contributed by atoms with Crippen LogP contribution in [0.4, 0.5) is 0 Å². The van der Waals surface area contributed by atoms with E-state index in [0.29, 0.717) is 6.42 Å². The average molecular weight is 198 g/mol. The monoisotopic (exact) mass is 198 g/mol. The number of aliphatic hydroxyl groups is 1. The van der Waals surface area contributed by atoms with Crippen molar-refractivity contribution < 1.29 is 14.6 Å². The Morgan fingerprint density at radius 2 is 2.36 bits per heavy atom. The first-order chi connectivity index (χ1) is 6.75. The molecule has 3 heteroatoms. The zero-order valence-corrected chi connectivity index (χ0v) is 8.61. The molecule has 0 bridgehead atoms. The molecule has 1 fully saturated rings. The molecule has 3 nitrogen and oxygen atoms in total. The van der Waals surface area contributed by atoms with Crippen molar-refractivity contribution in [1.82, 2.24) is 0 Å². The minimum atomic E-state index is -0.316. The summed E-state index contributed by atoms with van der Waals surface area (Å²) >= 11 is 0. The lowest BCUT2D eigenvalue weighted by Crippen LogP contribution is -2.26. The maximum atomic E-state index is 9.51. The zero-order valence-electron chi connectivity index (χ0n) is 8.61. The van der Waals surface area contributed by atoms with Gasteiger partial charge in [-0.2, -0.15) is 0 Å². The van der Waals surface area contributed by atoms with Gasteiger partial charge in [0.05, 0.1) is 12.2 Å². The van der Waals surface area contributed by atoms with Crippen molar-refractivity contribution in [2.24, 2.45) is 0 Å². The molecule has 1 N–H and O–H groups in total. The number of hydrogen-bond donors (Lipinski definition) is 1. The Hall–Kier alpha value is -0.380. The van der Waals surface area contributed by atoms with E-state index in [1.165, 1.54) is 6.42 Å². The van der Waals surface area contributed by atoms with Crippen molar-refractivity contribution in [3.8, 4) is 0 Å². The predicted molar refractivity (Wildman–Crippen MR) is 52.8 cm³/mol. The molecule has 1 aliphatic heterocycles. The Kier molecular flexibility index (Phi) is 3.21. The number of rotatable bonds is 2. The van der Waals surface area contributed by atoms with E-state index < -0.39 is 0 Å². The molecule has 0 aromatic heterocycles. The van der Waals surface area contributed by atoms with Crippen LogP contribution in [0.25, 0.3) is 0 Å². The van der Waals surface area contributed by atoms with Crippen molar-refractivity contribution in [2.75, 3.05) is 6.61 Å². The van der Waals surface area contributed by atoms with E-state index in [2.05, 4.69) is 0 Å². The second-order valence-corrected chi connectivity index (χ2v) is 4.13. The zero-order chi connectivity index (χ0) is 9.97. The van der Waals surface area contributed by atoms with Crippen molar-refractivity contribution in [1.29, 1.82) is 0 Å². The van der Waals surface area contributed by atoms with Crippen molar-refractivity contribution in [3.05, 3.63) is 11.6 Å². The van der Waals surface area contributed by atoms with Gasteiger partial charge < -0.3 is 14.6 Å². The summed E-state index contributed by atoms with van der Waals surface area (Å²) in [4.78, 5) is 0. The molecular formula is C11H18O3.